The molecule has 0 aliphatic heterocycles. The molecule has 4 saturated carbocycles. The van der Waals surface area contributed by atoms with Gasteiger partial charge in [0.2, 0.25) is 0 Å². The first-order chi connectivity index (χ1) is 8.59. The first-order valence-corrected chi connectivity index (χ1v) is 7.27. The van der Waals surface area contributed by atoms with Crippen molar-refractivity contribution in [3.63, 3.8) is 0 Å². The zero-order chi connectivity index (χ0) is 12.4. The maximum Gasteiger partial charge on any atom is 0.185 e. The average molecular weight is 243 g/mol. The summed E-state index contributed by atoms with van der Waals surface area (Å²) in [4.78, 5) is 16.0. The van der Waals surface area contributed by atoms with Gasteiger partial charge in [-0.15, -0.1) is 0 Å². The summed E-state index contributed by atoms with van der Waals surface area (Å²) < 4.78 is 0. The summed E-state index contributed by atoms with van der Waals surface area (Å²) in [6, 6.07) is 3.89. The van der Waals surface area contributed by atoms with E-state index in [1.54, 1.807) is 0 Å². The lowest BCUT2D eigenvalue weighted by Gasteiger charge is -2.60. The predicted octanol–water partition coefficient (Wildman–Crippen LogP) is 3.80. The second kappa shape index (κ2) is 3.28. The Bertz CT molecular complexity index is 473. The fourth-order valence-corrected chi connectivity index (χ4v) is 5.74. The Balaban J connectivity index is 1.73. The van der Waals surface area contributed by atoms with Gasteiger partial charge in [0.05, 0.1) is 5.69 Å². The highest BCUT2D eigenvalue weighted by Crippen LogP contribution is 2.65. The van der Waals surface area contributed by atoms with Crippen LogP contribution in [0.1, 0.15) is 55.9 Å². The van der Waals surface area contributed by atoms with E-state index in [4.69, 9.17) is 0 Å². The maximum absolute atomic E-state index is 12.9. The van der Waals surface area contributed by atoms with E-state index < -0.39 is 0 Å². The standard InChI is InChI=1S/C16H21NO/c1-15-6-11-5-12(7-15)9-16(8-11,10-15)14(18)13-3-2-4-17-13/h2-4,11-12,17H,5-10H2,1H3. The summed E-state index contributed by atoms with van der Waals surface area (Å²) in [7, 11) is 0. The number of hydrogen-bond acceptors (Lipinski definition) is 1. The summed E-state index contributed by atoms with van der Waals surface area (Å²) in [5, 5.41) is 0. The molecule has 0 saturated heterocycles. The van der Waals surface area contributed by atoms with Crippen molar-refractivity contribution in [1.29, 1.82) is 0 Å². The molecular weight excluding hydrogens is 222 g/mol. The largest absolute Gasteiger partial charge is 0.359 e. The van der Waals surface area contributed by atoms with E-state index in [0.29, 0.717) is 11.2 Å². The lowest BCUT2D eigenvalue weighted by Crippen LogP contribution is -2.54. The van der Waals surface area contributed by atoms with Crippen LogP contribution in [0, 0.1) is 22.7 Å². The monoisotopic (exact) mass is 243 g/mol. The molecule has 96 valence electrons. The molecule has 1 aromatic rings. The van der Waals surface area contributed by atoms with Crippen molar-refractivity contribution < 1.29 is 4.79 Å². The summed E-state index contributed by atoms with van der Waals surface area (Å²) in [5.74, 6) is 2.03. The average Bonchev–Trinajstić information content (AvgIpc) is 2.77. The predicted molar refractivity (Wildman–Crippen MR) is 70.3 cm³/mol. The van der Waals surface area contributed by atoms with E-state index in [1.807, 2.05) is 18.3 Å². The van der Waals surface area contributed by atoms with Gasteiger partial charge in [-0.1, -0.05) is 6.92 Å². The normalized spacial score (nSPS) is 45.4. The second-order valence-electron chi connectivity index (χ2n) is 7.46. The van der Waals surface area contributed by atoms with Crippen LogP contribution in [-0.2, 0) is 0 Å². The molecule has 2 heteroatoms. The number of rotatable bonds is 2. The number of ketones is 1. The molecule has 0 amide bonds. The number of carbonyl (C=O) groups excluding carboxylic acids is 1. The topological polar surface area (TPSA) is 32.9 Å². The molecule has 1 heterocycles. The minimum Gasteiger partial charge on any atom is -0.359 e. The van der Waals surface area contributed by atoms with Crippen molar-refractivity contribution in [2.45, 2.75) is 45.4 Å². The molecule has 0 spiro atoms. The highest BCUT2D eigenvalue weighted by molar-refractivity contribution is 5.99. The van der Waals surface area contributed by atoms with Gasteiger partial charge in [-0.2, -0.15) is 0 Å². The quantitative estimate of drug-likeness (QED) is 0.787. The van der Waals surface area contributed by atoms with Crippen molar-refractivity contribution in [2.75, 3.05) is 0 Å². The van der Waals surface area contributed by atoms with Crippen LogP contribution in [0.25, 0.3) is 0 Å². The van der Waals surface area contributed by atoms with E-state index in [1.165, 1.54) is 19.3 Å². The van der Waals surface area contributed by atoms with E-state index in [-0.39, 0.29) is 5.41 Å². The molecule has 18 heavy (non-hydrogen) atoms. The lowest BCUT2D eigenvalue weighted by molar-refractivity contribution is -0.0822. The summed E-state index contributed by atoms with van der Waals surface area (Å²) in [6.07, 6.45) is 9.41. The van der Waals surface area contributed by atoms with Gasteiger partial charge in [-0.3, -0.25) is 4.79 Å². The minimum absolute atomic E-state index is 0.0241. The molecule has 1 N–H and O–H groups in total. The van der Waals surface area contributed by atoms with E-state index in [0.717, 1.165) is 36.8 Å². The molecule has 4 fully saturated rings. The molecule has 2 atom stereocenters. The molecule has 4 aliphatic rings. The van der Waals surface area contributed by atoms with Crippen LogP contribution in [0.5, 0.6) is 0 Å². The molecule has 4 aliphatic carbocycles. The van der Waals surface area contributed by atoms with Crippen molar-refractivity contribution in [2.24, 2.45) is 22.7 Å². The molecule has 5 rings (SSSR count). The number of H-pyrrole nitrogens is 1. The van der Waals surface area contributed by atoms with Gasteiger partial charge in [0.25, 0.3) is 0 Å². The minimum atomic E-state index is -0.0241. The maximum atomic E-state index is 12.9. The Morgan fingerprint density at radius 3 is 2.56 bits per heavy atom. The van der Waals surface area contributed by atoms with Gasteiger partial charge >= 0.3 is 0 Å². The third-order valence-electron chi connectivity index (χ3n) is 5.68. The smallest absolute Gasteiger partial charge is 0.185 e. The van der Waals surface area contributed by atoms with Crippen molar-refractivity contribution >= 4 is 5.78 Å². The summed E-state index contributed by atoms with van der Waals surface area (Å²) >= 11 is 0. The molecule has 4 bridgehead atoms. The van der Waals surface area contributed by atoms with Crippen LogP contribution in [0.2, 0.25) is 0 Å². The van der Waals surface area contributed by atoms with Crippen LogP contribution in [0.4, 0.5) is 0 Å². The Labute approximate surface area is 108 Å². The van der Waals surface area contributed by atoms with Crippen LogP contribution in [0.3, 0.4) is 0 Å². The highest BCUT2D eigenvalue weighted by atomic mass is 16.1. The number of nitrogens with one attached hydrogen (secondary N) is 1. The van der Waals surface area contributed by atoms with E-state index >= 15 is 0 Å². The highest BCUT2D eigenvalue weighted by Gasteiger charge is 2.58. The Morgan fingerprint density at radius 1 is 1.28 bits per heavy atom. The number of aromatic amines is 1. The fourth-order valence-electron chi connectivity index (χ4n) is 5.74. The van der Waals surface area contributed by atoms with Crippen LogP contribution in [-0.4, -0.2) is 10.8 Å². The molecular formula is C16H21NO. The zero-order valence-electron chi connectivity index (χ0n) is 11.0. The zero-order valence-corrected chi connectivity index (χ0v) is 11.0. The summed E-state index contributed by atoms with van der Waals surface area (Å²) in [6.45, 7) is 2.42. The molecule has 0 radical (unpaired) electrons. The van der Waals surface area contributed by atoms with Gasteiger partial charge in [0.1, 0.15) is 0 Å². The fraction of sp³-hybridized carbons (Fsp3) is 0.688. The van der Waals surface area contributed by atoms with Crippen molar-refractivity contribution in [3.05, 3.63) is 24.0 Å². The number of aromatic nitrogens is 1. The number of hydrogen-bond donors (Lipinski definition) is 1. The Kier molecular flexibility index (Phi) is 1.98. The van der Waals surface area contributed by atoms with E-state index in [2.05, 4.69) is 11.9 Å². The van der Waals surface area contributed by atoms with Crippen LogP contribution < -0.4 is 0 Å². The second-order valence-corrected chi connectivity index (χ2v) is 7.46. The first-order valence-electron chi connectivity index (χ1n) is 7.27. The van der Waals surface area contributed by atoms with Gasteiger partial charge < -0.3 is 4.98 Å². The number of Topliss-reactive ketones (excluding diaryl/α,β-unsaturated/α-hetero) is 1. The van der Waals surface area contributed by atoms with Gasteiger partial charge in [0.15, 0.2) is 5.78 Å². The first kappa shape index (κ1) is 10.8. The molecule has 1 aromatic heterocycles. The van der Waals surface area contributed by atoms with E-state index in [9.17, 15) is 4.79 Å². The third kappa shape index (κ3) is 1.38. The lowest BCUT2D eigenvalue weighted by atomic mass is 9.43. The SMILES string of the molecule is CC12CC3CC(C1)CC(C(=O)c1ccc[nH]1)(C3)C2. The van der Waals surface area contributed by atoms with Crippen molar-refractivity contribution in [1.82, 2.24) is 4.98 Å². The van der Waals surface area contributed by atoms with Crippen LogP contribution in [0.15, 0.2) is 18.3 Å². The van der Waals surface area contributed by atoms with Crippen LogP contribution >= 0.6 is 0 Å². The van der Waals surface area contributed by atoms with Gasteiger partial charge in [-0.05, 0) is 67.9 Å². The Morgan fingerprint density at radius 2 is 2.00 bits per heavy atom. The number of carbonyl (C=O) groups is 1. The molecule has 0 aromatic carbocycles. The van der Waals surface area contributed by atoms with Crippen molar-refractivity contribution in [3.8, 4) is 0 Å². The summed E-state index contributed by atoms with van der Waals surface area (Å²) in [5.41, 5.74) is 1.26. The third-order valence-corrected chi connectivity index (χ3v) is 5.68. The molecule has 2 nitrogen and oxygen atoms in total. The Hall–Kier alpha value is -1.05. The van der Waals surface area contributed by atoms with Gasteiger partial charge in [-0.25, -0.2) is 0 Å². The molecule has 2 unspecified atom stereocenters. The van der Waals surface area contributed by atoms with Gasteiger partial charge in [0, 0.05) is 11.6 Å².